The number of aromatic nitrogens is 2. The van der Waals surface area contributed by atoms with Gasteiger partial charge in [-0.3, -0.25) is 4.79 Å². The number of aliphatic carboxylic acids is 1. The Morgan fingerprint density at radius 2 is 1.71 bits per heavy atom. The highest BCUT2D eigenvalue weighted by Gasteiger charge is 2.16. The second kappa shape index (κ2) is 11.1. The van der Waals surface area contributed by atoms with Crippen LogP contribution in [0.4, 0.5) is 15.9 Å². The number of hydrogen-bond donors (Lipinski definition) is 3. The monoisotopic (exact) mass is 472 g/mol. The molecule has 1 aliphatic heterocycles. The summed E-state index contributed by atoms with van der Waals surface area (Å²) in [5.74, 6) is -0.354. The van der Waals surface area contributed by atoms with E-state index < -0.39 is 17.8 Å². The van der Waals surface area contributed by atoms with Crippen LogP contribution in [0.1, 0.15) is 5.56 Å². The minimum atomic E-state index is -1.15. The third kappa shape index (κ3) is 5.87. The van der Waals surface area contributed by atoms with E-state index in [1.807, 2.05) is 0 Å². The fourth-order valence-corrected chi connectivity index (χ4v) is 3.39. The lowest BCUT2D eigenvalue weighted by Gasteiger charge is -2.17. The Morgan fingerprint density at radius 1 is 1.03 bits per heavy atom. The molecular weight excluding hydrogens is 447 g/mol. The smallest absolute Gasteiger partial charge is 0.320 e. The largest absolute Gasteiger partial charge is 0.487 e. The van der Waals surface area contributed by atoms with Gasteiger partial charge in [0.1, 0.15) is 37.2 Å². The zero-order valence-corrected chi connectivity index (χ0v) is 18.3. The number of anilines is 2. The van der Waals surface area contributed by atoms with Gasteiger partial charge in [0.05, 0.1) is 37.6 Å². The van der Waals surface area contributed by atoms with Crippen LogP contribution >= 0.6 is 0 Å². The van der Waals surface area contributed by atoms with E-state index in [9.17, 15) is 9.18 Å². The van der Waals surface area contributed by atoms with Gasteiger partial charge in [-0.2, -0.15) is 0 Å². The summed E-state index contributed by atoms with van der Waals surface area (Å²) in [7, 11) is 0. The quantitative estimate of drug-likeness (QED) is 0.507. The predicted octanol–water partition coefficient (Wildman–Crippen LogP) is 2.27. The number of nitrogens with two attached hydrogens (primary N) is 1. The van der Waals surface area contributed by atoms with Crippen LogP contribution in [0.25, 0.3) is 10.9 Å². The highest BCUT2D eigenvalue weighted by Crippen LogP contribution is 2.35. The summed E-state index contributed by atoms with van der Waals surface area (Å²) in [5, 5.41) is 12.5. The third-order valence-corrected chi connectivity index (χ3v) is 5.10. The van der Waals surface area contributed by atoms with E-state index in [-0.39, 0.29) is 12.1 Å². The molecule has 0 aliphatic carbocycles. The lowest BCUT2D eigenvalue weighted by molar-refractivity contribution is -0.138. The van der Waals surface area contributed by atoms with Crippen molar-refractivity contribution in [3.8, 4) is 11.5 Å². The van der Waals surface area contributed by atoms with Crippen molar-refractivity contribution in [1.29, 1.82) is 0 Å². The Balaban J connectivity index is 1.60. The van der Waals surface area contributed by atoms with Gasteiger partial charge in [-0.05, 0) is 30.2 Å². The first-order valence-electron chi connectivity index (χ1n) is 10.7. The van der Waals surface area contributed by atoms with Crippen molar-refractivity contribution in [3.63, 3.8) is 0 Å². The van der Waals surface area contributed by atoms with Gasteiger partial charge < -0.3 is 35.1 Å². The van der Waals surface area contributed by atoms with E-state index >= 15 is 0 Å². The number of rotatable bonds is 5. The van der Waals surface area contributed by atoms with Crippen LogP contribution in [0.5, 0.6) is 11.5 Å². The average molecular weight is 472 g/mol. The van der Waals surface area contributed by atoms with Crippen molar-refractivity contribution >= 4 is 28.4 Å². The Morgan fingerprint density at radius 3 is 2.38 bits per heavy atom. The van der Waals surface area contributed by atoms with Crippen LogP contribution in [0.3, 0.4) is 0 Å². The number of nitrogens with zero attached hydrogens (tertiary/aromatic N) is 2. The van der Waals surface area contributed by atoms with Gasteiger partial charge in [-0.1, -0.05) is 6.07 Å². The second-order valence-electron chi connectivity index (χ2n) is 7.55. The highest BCUT2D eigenvalue weighted by atomic mass is 19.1. The first kappa shape index (κ1) is 23.6. The van der Waals surface area contributed by atoms with Crippen LogP contribution < -0.4 is 20.5 Å². The van der Waals surface area contributed by atoms with Crippen molar-refractivity contribution in [3.05, 3.63) is 48.0 Å². The maximum Gasteiger partial charge on any atom is 0.320 e. The fraction of sp³-hybridized carbons (Fsp3) is 0.348. The lowest BCUT2D eigenvalue weighted by atomic mass is 10.1. The first-order chi connectivity index (χ1) is 16.5. The normalized spacial score (nSPS) is 15.7. The molecule has 1 atom stereocenters. The second-order valence-corrected chi connectivity index (χ2v) is 7.55. The molecule has 4 rings (SSSR count). The number of carboxylic acids is 1. The molecule has 4 N–H and O–H groups in total. The molecule has 10 nitrogen and oxygen atoms in total. The lowest BCUT2D eigenvalue weighted by Crippen LogP contribution is -2.32. The van der Waals surface area contributed by atoms with Gasteiger partial charge in [-0.15, -0.1) is 0 Å². The van der Waals surface area contributed by atoms with Crippen LogP contribution in [-0.4, -0.2) is 66.7 Å². The molecule has 0 bridgehead atoms. The topological polar surface area (TPSA) is 138 Å². The number of hydrogen-bond acceptors (Lipinski definition) is 9. The molecule has 2 aromatic carbocycles. The van der Waals surface area contributed by atoms with Gasteiger partial charge >= 0.3 is 5.97 Å². The molecule has 0 saturated carbocycles. The Hall–Kier alpha value is -3.54. The van der Waals surface area contributed by atoms with E-state index in [0.29, 0.717) is 73.4 Å². The molecule has 11 heteroatoms. The van der Waals surface area contributed by atoms with Crippen LogP contribution in [-0.2, 0) is 20.7 Å². The van der Waals surface area contributed by atoms with E-state index in [1.165, 1.54) is 18.5 Å². The number of nitrogens with one attached hydrogen (secondary N) is 1. The van der Waals surface area contributed by atoms with E-state index in [4.69, 9.17) is 29.8 Å². The number of carboxylic acid groups (broad SMARTS) is 1. The van der Waals surface area contributed by atoms with Gasteiger partial charge in [-0.25, -0.2) is 14.4 Å². The maximum absolute atomic E-state index is 14.8. The zero-order chi connectivity index (χ0) is 23.9. The van der Waals surface area contributed by atoms with Crippen LogP contribution in [0.15, 0.2) is 36.7 Å². The molecule has 180 valence electrons. The molecule has 0 fully saturated rings. The number of fused-ring (bicyclic) bond motifs is 2. The Kier molecular flexibility index (Phi) is 7.68. The molecular formula is C23H25FN4O6. The van der Waals surface area contributed by atoms with Gasteiger partial charge in [0.25, 0.3) is 0 Å². The van der Waals surface area contributed by atoms with Crippen LogP contribution in [0, 0.1) is 5.82 Å². The van der Waals surface area contributed by atoms with Crippen molar-refractivity contribution in [1.82, 2.24) is 9.97 Å². The molecule has 1 aromatic heterocycles. The number of benzene rings is 2. The predicted molar refractivity (Wildman–Crippen MR) is 121 cm³/mol. The first-order valence-corrected chi connectivity index (χ1v) is 10.7. The molecule has 3 aromatic rings. The minimum absolute atomic E-state index is 0.0151. The summed E-state index contributed by atoms with van der Waals surface area (Å²) in [6, 6.07) is 6.74. The number of halogens is 1. The van der Waals surface area contributed by atoms with Crippen LogP contribution in [0.2, 0.25) is 0 Å². The van der Waals surface area contributed by atoms with E-state index in [0.717, 1.165) is 0 Å². The average Bonchev–Trinajstić information content (AvgIpc) is 2.81. The summed E-state index contributed by atoms with van der Waals surface area (Å²) in [6.45, 7) is 2.40. The third-order valence-electron chi connectivity index (χ3n) is 5.10. The Bertz CT molecular complexity index is 1160. The molecule has 34 heavy (non-hydrogen) atoms. The summed E-state index contributed by atoms with van der Waals surface area (Å²) < 4.78 is 37.3. The van der Waals surface area contributed by atoms with Crippen molar-refractivity contribution < 1.29 is 33.2 Å². The Labute approximate surface area is 194 Å². The molecule has 0 saturated heterocycles. The summed E-state index contributed by atoms with van der Waals surface area (Å²) in [4.78, 5) is 19.5. The SMILES string of the molecule is N[C@@H](Cc1ccc(Nc2ncnc3cc4c(cc23)OCCOCCOCCO4)c(F)c1)C(=O)O. The molecule has 0 spiro atoms. The molecule has 1 aliphatic rings. The van der Waals surface area contributed by atoms with E-state index in [1.54, 1.807) is 18.2 Å². The standard InChI is InChI=1S/C23H25FN4O6/c24-16-9-14(10-17(25)23(29)30)1-2-18(16)28-22-15-11-20-21(12-19(15)26-13-27-22)34-8-6-32-4-3-31-5-7-33-20/h1-2,9,11-13,17H,3-8,10,25H2,(H,29,30)(H,26,27,28)/t17-/m0/s1. The summed E-state index contributed by atoms with van der Waals surface area (Å²) in [6.07, 6.45) is 1.38. The molecule has 0 amide bonds. The molecule has 2 heterocycles. The summed E-state index contributed by atoms with van der Waals surface area (Å²) >= 11 is 0. The molecule has 0 radical (unpaired) electrons. The minimum Gasteiger partial charge on any atom is -0.487 e. The van der Waals surface area contributed by atoms with Crippen molar-refractivity contribution in [2.75, 3.05) is 45.0 Å². The zero-order valence-electron chi connectivity index (χ0n) is 18.3. The number of ether oxygens (including phenoxy) is 4. The summed E-state index contributed by atoms with van der Waals surface area (Å²) in [5.41, 5.74) is 6.76. The maximum atomic E-state index is 14.8. The van der Waals surface area contributed by atoms with Gasteiger partial charge in [0.2, 0.25) is 0 Å². The van der Waals surface area contributed by atoms with Crippen molar-refractivity contribution in [2.45, 2.75) is 12.5 Å². The highest BCUT2D eigenvalue weighted by molar-refractivity contribution is 5.93. The van der Waals surface area contributed by atoms with Gasteiger partial charge in [0, 0.05) is 11.5 Å². The van der Waals surface area contributed by atoms with E-state index in [2.05, 4.69) is 15.3 Å². The molecule has 0 unspecified atom stereocenters. The number of carbonyl (C=O) groups is 1. The fourth-order valence-electron chi connectivity index (χ4n) is 3.39. The van der Waals surface area contributed by atoms with Crippen molar-refractivity contribution in [2.24, 2.45) is 5.73 Å². The van der Waals surface area contributed by atoms with Gasteiger partial charge in [0.15, 0.2) is 11.5 Å².